The first-order valence-electron chi connectivity index (χ1n) is 10.3. The zero-order valence-corrected chi connectivity index (χ0v) is 17.3. The summed E-state index contributed by atoms with van der Waals surface area (Å²) >= 11 is 0. The third-order valence-electron chi connectivity index (χ3n) is 5.10. The van der Waals surface area contributed by atoms with Crippen LogP contribution in [-0.4, -0.2) is 39.7 Å². The molecule has 1 amide bonds. The minimum Gasteiger partial charge on any atom is -0.490 e. The number of carbonyl (C=O) groups is 2. The molecule has 1 aliphatic rings. The van der Waals surface area contributed by atoms with Crippen LogP contribution in [0.1, 0.15) is 48.1 Å². The van der Waals surface area contributed by atoms with Gasteiger partial charge in [-0.2, -0.15) is 5.10 Å². The zero-order chi connectivity index (χ0) is 21.6. The molecule has 2 heterocycles. The lowest BCUT2D eigenvalue weighted by atomic mass is 10.0. The van der Waals surface area contributed by atoms with E-state index >= 15 is 0 Å². The molecule has 3 aromatic rings. The molecule has 0 spiro atoms. The predicted octanol–water partition coefficient (Wildman–Crippen LogP) is 3.27. The summed E-state index contributed by atoms with van der Waals surface area (Å²) < 4.78 is 12.9. The van der Waals surface area contributed by atoms with Gasteiger partial charge in [-0.15, -0.1) is 0 Å². The number of carbonyl (C=O) groups excluding carboxylic acids is 2. The summed E-state index contributed by atoms with van der Waals surface area (Å²) in [6.07, 6.45) is 4.16. The lowest BCUT2D eigenvalue weighted by molar-refractivity contribution is -0.121. The highest BCUT2D eigenvalue weighted by molar-refractivity contribution is 5.98. The Morgan fingerprint density at radius 1 is 1.06 bits per heavy atom. The van der Waals surface area contributed by atoms with Gasteiger partial charge in [0, 0.05) is 24.8 Å². The molecule has 1 N–H and O–H groups in total. The number of nitrogens with zero attached hydrogens (tertiary/aromatic N) is 3. The molecule has 0 unspecified atom stereocenters. The Morgan fingerprint density at radius 2 is 1.84 bits per heavy atom. The van der Waals surface area contributed by atoms with E-state index in [2.05, 4.69) is 15.4 Å². The molecule has 160 valence electrons. The molecule has 8 nitrogen and oxygen atoms in total. The molecular formula is C23H24N4O4. The number of hydrogen-bond acceptors (Lipinski definition) is 6. The SMILES string of the molecule is C[C@@H](NC(=O)CCC(=O)c1ccc2c(c1)OCCCO2)c1ccc(-n2cncn2)cc1. The average molecular weight is 420 g/mol. The highest BCUT2D eigenvalue weighted by Crippen LogP contribution is 2.30. The number of ether oxygens (including phenoxy) is 2. The van der Waals surface area contributed by atoms with E-state index in [1.807, 2.05) is 31.2 Å². The molecule has 0 saturated heterocycles. The summed E-state index contributed by atoms with van der Waals surface area (Å²) in [5.41, 5.74) is 2.38. The van der Waals surface area contributed by atoms with Crippen molar-refractivity contribution in [3.63, 3.8) is 0 Å². The van der Waals surface area contributed by atoms with Crippen LogP contribution in [0.15, 0.2) is 55.1 Å². The lowest BCUT2D eigenvalue weighted by Gasteiger charge is -2.15. The van der Waals surface area contributed by atoms with Crippen LogP contribution in [0.4, 0.5) is 0 Å². The minimum absolute atomic E-state index is 0.101. The fraction of sp³-hybridized carbons (Fsp3) is 0.304. The predicted molar refractivity (Wildman–Crippen MR) is 114 cm³/mol. The van der Waals surface area contributed by atoms with Crippen molar-refractivity contribution in [2.24, 2.45) is 0 Å². The van der Waals surface area contributed by atoms with E-state index in [0.29, 0.717) is 30.3 Å². The molecule has 1 atom stereocenters. The molecule has 0 aliphatic carbocycles. The van der Waals surface area contributed by atoms with Crippen LogP contribution in [0.5, 0.6) is 11.5 Å². The summed E-state index contributed by atoms with van der Waals surface area (Å²) in [7, 11) is 0. The Bertz CT molecular complexity index is 1050. The number of benzene rings is 2. The summed E-state index contributed by atoms with van der Waals surface area (Å²) in [5, 5.41) is 7.04. The maximum Gasteiger partial charge on any atom is 0.220 e. The first-order valence-corrected chi connectivity index (χ1v) is 10.3. The maximum atomic E-state index is 12.5. The number of Topliss-reactive ketones (excluding diaryl/α,β-unsaturated/α-hetero) is 1. The van der Waals surface area contributed by atoms with E-state index in [1.165, 1.54) is 6.33 Å². The highest BCUT2D eigenvalue weighted by Gasteiger charge is 2.16. The quantitative estimate of drug-likeness (QED) is 0.590. The van der Waals surface area contributed by atoms with Gasteiger partial charge in [0.05, 0.1) is 24.9 Å². The van der Waals surface area contributed by atoms with Crippen LogP contribution in [0, 0.1) is 0 Å². The van der Waals surface area contributed by atoms with E-state index in [9.17, 15) is 9.59 Å². The minimum atomic E-state index is -0.176. The summed E-state index contributed by atoms with van der Waals surface area (Å²) in [6.45, 7) is 3.07. The van der Waals surface area contributed by atoms with Crippen LogP contribution in [0.25, 0.3) is 5.69 Å². The molecule has 4 rings (SSSR count). The molecule has 1 aromatic heterocycles. The Labute approximate surface area is 180 Å². The van der Waals surface area contributed by atoms with E-state index in [-0.39, 0.29) is 30.6 Å². The zero-order valence-electron chi connectivity index (χ0n) is 17.3. The summed E-state index contributed by atoms with van der Waals surface area (Å²) in [4.78, 5) is 28.8. The second kappa shape index (κ2) is 9.42. The molecular weight excluding hydrogens is 396 g/mol. The fourth-order valence-corrected chi connectivity index (χ4v) is 3.36. The van der Waals surface area contributed by atoms with Gasteiger partial charge in [0.15, 0.2) is 17.3 Å². The Hall–Kier alpha value is -3.68. The smallest absolute Gasteiger partial charge is 0.220 e. The molecule has 0 bridgehead atoms. The van der Waals surface area contributed by atoms with Crippen molar-refractivity contribution in [3.05, 3.63) is 66.2 Å². The van der Waals surface area contributed by atoms with Crippen molar-refractivity contribution in [2.75, 3.05) is 13.2 Å². The van der Waals surface area contributed by atoms with Crippen LogP contribution >= 0.6 is 0 Å². The highest BCUT2D eigenvalue weighted by atomic mass is 16.5. The van der Waals surface area contributed by atoms with Gasteiger partial charge in [-0.3, -0.25) is 9.59 Å². The Morgan fingerprint density at radius 3 is 2.58 bits per heavy atom. The van der Waals surface area contributed by atoms with Crippen molar-refractivity contribution < 1.29 is 19.1 Å². The Balaban J connectivity index is 1.29. The van der Waals surface area contributed by atoms with Crippen LogP contribution in [-0.2, 0) is 4.79 Å². The third-order valence-corrected chi connectivity index (χ3v) is 5.10. The van der Waals surface area contributed by atoms with Gasteiger partial charge in [0.25, 0.3) is 0 Å². The van der Waals surface area contributed by atoms with Gasteiger partial charge >= 0.3 is 0 Å². The summed E-state index contributed by atoms with van der Waals surface area (Å²) in [5.74, 6) is 0.956. The number of ketones is 1. The number of aromatic nitrogens is 3. The van der Waals surface area contributed by atoms with Crippen LogP contribution in [0.2, 0.25) is 0 Å². The molecule has 0 fully saturated rings. The second-order valence-electron chi connectivity index (χ2n) is 7.36. The van der Waals surface area contributed by atoms with Crippen molar-refractivity contribution in [3.8, 4) is 17.2 Å². The topological polar surface area (TPSA) is 95.3 Å². The average Bonchev–Trinajstić information content (AvgIpc) is 3.23. The molecule has 1 aliphatic heterocycles. The van der Waals surface area contributed by atoms with E-state index in [4.69, 9.17) is 9.47 Å². The van der Waals surface area contributed by atoms with Gasteiger partial charge < -0.3 is 14.8 Å². The van der Waals surface area contributed by atoms with Gasteiger partial charge in [-0.05, 0) is 42.8 Å². The number of fused-ring (bicyclic) bond motifs is 1. The Kier molecular flexibility index (Phi) is 6.26. The van der Waals surface area contributed by atoms with Gasteiger partial charge in [0.1, 0.15) is 12.7 Å². The van der Waals surface area contributed by atoms with Crippen LogP contribution < -0.4 is 14.8 Å². The van der Waals surface area contributed by atoms with Crippen LogP contribution in [0.3, 0.4) is 0 Å². The number of nitrogens with one attached hydrogen (secondary N) is 1. The van der Waals surface area contributed by atoms with Crippen molar-refractivity contribution in [2.45, 2.75) is 32.2 Å². The van der Waals surface area contributed by atoms with E-state index in [1.54, 1.807) is 29.2 Å². The first kappa shape index (κ1) is 20.6. The normalized spacial score (nSPS) is 13.8. The molecule has 2 aromatic carbocycles. The van der Waals surface area contributed by atoms with E-state index < -0.39 is 0 Å². The standard InChI is InChI=1S/C23H24N4O4/c1-16(17-3-6-19(7-4-17)27-15-24-14-25-27)26-23(29)10-8-20(28)18-5-9-21-22(13-18)31-12-2-11-30-21/h3-7,9,13-16H,2,8,10-12H2,1H3,(H,26,29)/t16-/m1/s1. The van der Waals surface area contributed by atoms with Gasteiger partial charge in [-0.1, -0.05) is 12.1 Å². The summed E-state index contributed by atoms with van der Waals surface area (Å²) in [6, 6.07) is 12.7. The van der Waals surface area contributed by atoms with Crippen molar-refractivity contribution in [1.29, 1.82) is 0 Å². The number of hydrogen-bond donors (Lipinski definition) is 1. The van der Waals surface area contributed by atoms with Gasteiger partial charge in [-0.25, -0.2) is 9.67 Å². The lowest BCUT2D eigenvalue weighted by Crippen LogP contribution is -2.27. The molecule has 0 radical (unpaired) electrons. The monoisotopic (exact) mass is 420 g/mol. The van der Waals surface area contributed by atoms with Gasteiger partial charge in [0.2, 0.25) is 5.91 Å². The molecule has 0 saturated carbocycles. The molecule has 8 heteroatoms. The number of amides is 1. The molecule has 31 heavy (non-hydrogen) atoms. The second-order valence-corrected chi connectivity index (χ2v) is 7.36. The third kappa shape index (κ3) is 5.09. The van der Waals surface area contributed by atoms with E-state index in [0.717, 1.165) is 17.7 Å². The van der Waals surface area contributed by atoms with Crippen molar-refractivity contribution in [1.82, 2.24) is 20.1 Å². The van der Waals surface area contributed by atoms with Crippen molar-refractivity contribution >= 4 is 11.7 Å². The maximum absolute atomic E-state index is 12.5. The largest absolute Gasteiger partial charge is 0.490 e. The first-order chi connectivity index (χ1) is 15.1. The number of rotatable bonds is 7. The fourth-order valence-electron chi connectivity index (χ4n) is 3.36.